The van der Waals surface area contributed by atoms with E-state index in [1.54, 1.807) is 24.3 Å². The highest BCUT2D eigenvalue weighted by Gasteiger charge is 2.19. The summed E-state index contributed by atoms with van der Waals surface area (Å²) in [6, 6.07) is 13.3. The maximum absolute atomic E-state index is 14.4. The number of carbonyl (C=O) groups excluding carboxylic acids is 1. The van der Waals surface area contributed by atoms with Crippen LogP contribution in [0, 0.1) is 5.82 Å². The molecule has 0 spiro atoms. The molecule has 0 saturated heterocycles. The van der Waals surface area contributed by atoms with Crippen LogP contribution < -0.4 is 24.2 Å². The minimum Gasteiger partial charge on any atom is -0.496 e. The first-order valence-electron chi connectivity index (χ1n) is 10.3. The van der Waals surface area contributed by atoms with E-state index in [9.17, 15) is 17.6 Å². The van der Waals surface area contributed by atoms with Gasteiger partial charge in [0.2, 0.25) is 15.9 Å². The van der Waals surface area contributed by atoms with Crippen molar-refractivity contribution < 1.29 is 31.8 Å². The van der Waals surface area contributed by atoms with Crippen LogP contribution in [0.2, 0.25) is 5.02 Å². The molecule has 0 aliphatic heterocycles. The summed E-state index contributed by atoms with van der Waals surface area (Å²) in [5.41, 5.74) is 1.17. The van der Waals surface area contributed by atoms with Gasteiger partial charge in [-0.25, -0.2) is 17.5 Å². The number of methoxy groups -OCH3 is 3. The number of benzene rings is 3. The zero-order chi connectivity index (χ0) is 25.6. The number of amides is 1. The third-order valence-electron chi connectivity index (χ3n) is 5.09. The van der Waals surface area contributed by atoms with Crippen LogP contribution in [0.25, 0.3) is 0 Å². The van der Waals surface area contributed by atoms with Crippen molar-refractivity contribution in [1.29, 1.82) is 0 Å². The Labute approximate surface area is 208 Å². The van der Waals surface area contributed by atoms with Gasteiger partial charge in [0.15, 0.2) is 11.5 Å². The monoisotopic (exact) mass is 522 g/mol. The Morgan fingerprint density at radius 1 is 0.943 bits per heavy atom. The molecule has 0 radical (unpaired) electrons. The Hall–Kier alpha value is -3.34. The van der Waals surface area contributed by atoms with E-state index in [2.05, 4.69) is 10.0 Å². The van der Waals surface area contributed by atoms with Gasteiger partial charge >= 0.3 is 0 Å². The van der Waals surface area contributed by atoms with Crippen LogP contribution in [-0.4, -0.2) is 42.2 Å². The molecule has 0 fully saturated rings. The van der Waals surface area contributed by atoms with Crippen molar-refractivity contribution in [1.82, 2.24) is 4.72 Å². The van der Waals surface area contributed by atoms with Crippen molar-refractivity contribution in [3.63, 3.8) is 0 Å². The molecule has 3 aromatic rings. The summed E-state index contributed by atoms with van der Waals surface area (Å²) in [5, 5.41) is 3.04. The lowest BCUT2D eigenvalue weighted by Crippen LogP contribution is -2.33. The van der Waals surface area contributed by atoms with Gasteiger partial charge in [0.05, 0.1) is 32.8 Å². The molecule has 0 atom stereocenters. The van der Waals surface area contributed by atoms with Crippen LogP contribution >= 0.6 is 11.6 Å². The number of hydrogen-bond acceptors (Lipinski definition) is 6. The zero-order valence-electron chi connectivity index (χ0n) is 19.2. The van der Waals surface area contributed by atoms with Gasteiger partial charge in [0.25, 0.3) is 0 Å². The van der Waals surface area contributed by atoms with Gasteiger partial charge in [0, 0.05) is 28.8 Å². The van der Waals surface area contributed by atoms with Crippen molar-refractivity contribution in [3.8, 4) is 17.2 Å². The van der Waals surface area contributed by atoms with Crippen LogP contribution in [-0.2, 0) is 21.2 Å². The standard InChI is InChI=1S/C24H24ClFN2O6S/c1-32-21-6-4-5-19(26)18(21)12-15-11-16(25)7-9-20(15)28-24(29)14-27-35(30,31)17-8-10-22(33-2)23(13-17)34-3/h4-11,13,27H,12,14H2,1-3H3,(H,28,29). The Morgan fingerprint density at radius 2 is 1.66 bits per heavy atom. The fraction of sp³-hybridized carbons (Fsp3) is 0.208. The lowest BCUT2D eigenvalue weighted by molar-refractivity contribution is -0.115. The molecule has 0 aliphatic rings. The minimum atomic E-state index is -4.02. The number of halogens is 2. The minimum absolute atomic E-state index is 0.0867. The zero-order valence-corrected chi connectivity index (χ0v) is 20.8. The van der Waals surface area contributed by atoms with Crippen LogP contribution in [0.15, 0.2) is 59.5 Å². The first kappa shape index (κ1) is 26.3. The number of sulfonamides is 1. The topological polar surface area (TPSA) is 103 Å². The summed E-state index contributed by atoms with van der Waals surface area (Å²) >= 11 is 6.12. The third-order valence-corrected chi connectivity index (χ3v) is 6.73. The van der Waals surface area contributed by atoms with E-state index in [-0.39, 0.29) is 17.1 Å². The predicted octanol–water partition coefficient (Wildman–Crippen LogP) is 4.01. The molecular weight excluding hydrogens is 499 g/mol. The van der Waals surface area contributed by atoms with E-state index < -0.39 is 28.3 Å². The van der Waals surface area contributed by atoms with Gasteiger partial charge in [-0.1, -0.05) is 17.7 Å². The van der Waals surface area contributed by atoms with Crippen LogP contribution in [0.5, 0.6) is 17.2 Å². The molecule has 0 heterocycles. The molecule has 0 unspecified atom stereocenters. The first-order valence-corrected chi connectivity index (χ1v) is 12.2. The second-order valence-electron chi connectivity index (χ2n) is 7.29. The molecule has 186 valence electrons. The van der Waals surface area contributed by atoms with Gasteiger partial charge in [-0.15, -0.1) is 0 Å². The highest BCUT2D eigenvalue weighted by Crippen LogP contribution is 2.30. The largest absolute Gasteiger partial charge is 0.496 e. The Morgan fingerprint density at radius 3 is 2.34 bits per heavy atom. The van der Waals surface area contributed by atoms with E-state index in [1.807, 2.05) is 0 Å². The maximum atomic E-state index is 14.4. The van der Waals surface area contributed by atoms with Crippen molar-refractivity contribution in [2.75, 3.05) is 33.2 Å². The molecule has 1 amide bonds. The molecule has 8 nitrogen and oxygen atoms in total. The van der Waals surface area contributed by atoms with Crippen LogP contribution in [0.4, 0.5) is 10.1 Å². The highest BCUT2D eigenvalue weighted by molar-refractivity contribution is 7.89. The molecule has 35 heavy (non-hydrogen) atoms. The molecule has 2 N–H and O–H groups in total. The number of anilines is 1. The van der Waals surface area contributed by atoms with E-state index in [0.717, 1.165) is 0 Å². The van der Waals surface area contributed by atoms with E-state index in [1.165, 1.54) is 51.7 Å². The third kappa shape index (κ3) is 6.41. The Balaban J connectivity index is 1.75. The summed E-state index contributed by atoms with van der Waals surface area (Å²) < 4.78 is 57.5. The lowest BCUT2D eigenvalue weighted by Gasteiger charge is -2.15. The van der Waals surface area contributed by atoms with E-state index >= 15 is 0 Å². The van der Waals surface area contributed by atoms with Gasteiger partial charge in [-0.05, 0) is 48.0 Å². The molecule has 3 rings (SSSR count). The normalized spacial score (nSPS) is 11.1. The van der Waals surface area contributed by atoms with Crippen molar-refractivity contribution >= 4 is 33.2 Å². The summed E-state index contributed by atoms with van der Waals surface area (Å²) in [5.74, 6) is -0.146. The fourth-order valence-electron chi connectivity index (χ4n) is 3.34. The SMILES string of the molecule is COc1ccc(S(=O)(=O)NCC(=O)Nc2ccc(Cl)cc2Cc2c(F)cccc2OC)cc1OC. The van der Waals surface area contributed by atoms with Crippen molar-refractivity contribution in [2.45, 2.75) is 11.3 Å². The fourth-order valence-corrected chi connectivity index (χ4v) is 4.54. The number of hydrogen-bond donors (Lipinski definition) is 2. The lowest BCUT2D eigenvalue weighted by atomic mass is 10.0. The van der Waals surface area contributed by atoms with Gasteiger partial charge in [0.1, 0.15) is 11.6 Å². The average molecular weight is 523 g/mol. The summed E-state index contributed by atoms with van der Waals surface area (Å²) in [7, 11) is 0.232. The number of rotatable bonds is 10. The molecule has 0 aromatic heterocycles. The summed E-state index contributed by atoms with van der Waals surface area (Å²) in [4.78, 5) is 12.5. The van der Waals surface area contributed by atoms with Crippen molar-refractivity contribution in [2.24, 2.45) is 0 Å². The highest BCUT2D eigenvalue weighted by atomic mass is 35.5. The molecule has 11 heteroatoms. The first-order chi connectivity index (χ1) is 16.7. The molecular formula is C24H24ClFN2O6S. The second kappa shape index (κ2) is 11.4. The molecule has 0 aliphatic carbocycles. The van der Waals surface area contributed by atoms with Gasteiger partial charge < -0.3 is 19.5 Å². The Bertz CT molecular complexity index is 1330. The summed E-state index contributed by atoms with van der Waals surface area (Å²) in [6.07, 6.45) is 0.0867. The number of carbonyl (C=O) groups is 1. The predicted molar refractivity (Wildman–Crippen MR) is 131 cm³/mol. The van der Waals surface area contributed by atoms with E-state index in [4.69, 9.17) is 25.8 Å². The van der Waals surface area contributed by atoms with Crippen molar-refractivity contribution in [3.05, 3.63) is 76.6 Å². The van der Waals surface area contributed by atoms with E-state index in [0.29, 0.717) is 33.3 Å². The maximum Gasteiger partial charge on any atom is 0.241 e. The van der Waals surface area contributed by atoms with Crippen LogP contribution in [0.1, 0.15) is 11.1 Å². The van der Waals surface area contributed by atoms with Gasteiger partial charge in [-0.3, -0.25) is 4.79 Å². The molecule has 3 aromatic carbocycles. The average Bonchev–Trinajstić information content (AvgIpc) is 2.85. The number of ether oxygens (including phenoxy) is 3. The Kier molecular flexibility index (Phi) is 8.55. The second-order valence-corrected chi connectivity index (χ2v) is 9.49. The summed E-state index contributed by atoms with van der Waals surface area (Å²) in [6.45, 7) is -0.540. The molecule has 0 bridgehead atoms. The quantitative estimate of drug-likeness (QED) is 0.417. The molecule has 0 saturated carbocycles. The van der Waals surface area contributed by atoms with Gasteiger partial charge in [-0.2, -0.15) is 0 Å². The number of nitrogens with one attached hydrogen (secondary N) is 2. The smallest absolute Gasteiger partial charge is 0.241 e. The van der Waals surface area contributed by atoms with Crippen LogP contribution in [0.3, 0.4) is 0 Å².